The number of furan rings is 1. The van der Waals surface area contributed by atoms with Gasteiger partial charge in [-0.15, -0.1) is 0 Å². The number of benzene rings is 1. The normalized spacial score (nSPS) is 11.6. The molecule has 0 saturated carbocycles. The summed E-state index contributed by atoms with van der Waals surface area (Å²) in [5, 5.41) is 34.3. The fourth-order valence-electron chi connectivity index (χ4n) is 2.65. The first-order valence-corrected chi connectivity index (χ1v) is 9.00. The first-order valence-electron chi connectivity index (χ1n) is 8.59. The summed E-state index contributed by atoms with van der Waals surface area (Å²) >= 11 is 5.49. The van der Waals surface area contributed by atoms with Crippen molar-refractivity contribution in [1.29, 1.82) is 0 Å². The molecule has 0 amide bonds. The average Bonchev–Trinajstić information content (AvgIpc) is 3.26. The highest BCUT2D eigenvalue weighted by atomic mass is 32.1. The third-order valence-electron chi connectivity index (χ3n) is 4.10. The van der Waals surface area contributed by atoms with E-state index in [9.17, 15) is 20.3 Å². The fraction of sp³-hybridized carbons (Fsp3) is 0.100. The number of aliphatic hydroxyl groups is 2. The van der Waals surface area contributed by atoms with Crippen molar-refractivity contribution in [1.82, 2.24) is 5.32 Å². The van der Waals surface area contributed by atoms with Gasteiger partial charge in [0.15, 0.2) is 23.1 Å². The van der Waals surface area contributed by atoms with Crippen molar-refractivity contribution >= 4 is 34.3 Å². The van der Waals surface area contributed by atoms with E-state index in [1.165, 1.54) is 24.3 Å². The zero-order valence-electron chi connectivity index (χ0n) is 15.2. The van der Waals surface area contributed by atoms with Gasteiger partial charge in [-0.1, -0.05) is 12.2 Å². The monoisotopic (exact) mass is 412 g/mol. The number of nitrogens with zero attached hydrogens (tertiary/aromatic N) is 2. The molecule has 0 fully saturated rings. The van der Waals surface area contributed by atoms with Gasteiger partial charge >= 0.3 is 0 Å². The van der Waals surface area contributed by atoms with Crippen LogP contribution in [0, 0.1) is 10.1 Å². The molecule has 0 bridgehead atoms. The van der Waals surface area contributed by atoms with E-state index in [2.05, 4.69) is 5.32 Å². The van der Waals surface area contributed by atoms with Crippen LogP contribution in [0.3, 0.4) is 0 Å². The second-order valence-electron chi connectivity index (χ2n) is 6.04. The third kappa shape index (κ3) is 4.84. The van der Waals surface area contributed by atoms with Crippen LogP contribution in [0.4, 0.5) is 5.69 Å². The summed E-state index contributed by atoms with van der Waals surface area (Å²) in [6.45, 7) is 0.127. The lowest BCUT2D eigenvalue weighted by Crippen LogP contribution is -2.41. The molecule has 3 N–H and O–H groups in total. The number of non-ortho nitro benzene ring substituents is 1. The van der Waals surface area contributed by atoms with Crippen LogP contribution >= 0.6 is 12.2 Å². The molecular formula is C20H18N3O5S+. The number of thiocarbonyl (C=S) groups is 1. The molecule has 0 atom stereocenters. The molecule has 8 nitrogen and oxygen atoms in total. The Balaban J connectivity index is 2.01. The highest BCUT2D eigenvalue weighted by Crippen LogP contribution is 2.20. The zero-order valence-corrected chi connectivity index (χ0v) is 16.0. The number of aromatic nitrogens is 1. The van der Waals surface area contributed by atoms with Crippen LogP contribution in [0.2, 0.25) is 0 Å². The van der Waals surface area contributed by atoms with Crippen molar-refractivity contribution in [2.45, 2.75) is 13.2 Å². The van der Waals surface area contributed by atoms with Gasteiger partial charge in [0, 0.05) is 29.3 Å². The predicted octanol–water partition coefficient (Wildman–Crippen LogP) is 2.97. The Morgan fingerprint density at radius 1 is 1.21 bits per heavy atom. The number of nitro groups is 1. The first-order chi connectivity index (χ1) is 14.0. The minimum Gasteiger partial charge on any atom is -0.502 e. The van der Waals surface area contributed by atoms with Gasteiger partial charge in [0.2, 0.25) is 0 Å². The van der Waals surface area contributed by atoms with E-state index in [1.807, 2.05) is 0 Å². The number of hydrogen-bond acceptors (Lipinski definition) is 6. The largest absolute Gasteiger partial charge is 0.502 e. The molecule has 2 aromatic heterocycles. The molecule has 9 heteroatoms. The minimum atomic E-state index is -0.513. The summed E-state index contributed by atoms with van der Waals surface area (Å²) in [5.74, 6) is 0.493. The number of nitrogens with one attached hydrogen (secondary N) is 1. The Bertz CT molecular complexity index is 1050. The molecule has 0 spiro atoms. The summed E-state index contributed by atoms with van der Waals surface area (Å²) in [5.41, 5.74) is 1.15. The molecule has 3 aromatic rings. The molecule has 148 valence electrons. The third-order valence-corrected chi connectivity index (χ3v) is 4.43. The van der Waals surface area contributed by atoms with Crippen molar-refractivity contribution in [3.63, 3.8) is 0 Å². The molecule has 1 aromatic carbocycles. The van der Waals surface area contributed by atoms with Gasteiger partial charge in [-0.25, -0.2) is 0 Å². The number of rotatable bonds is 7. The number of pyridine rings is 1. The van der Waals surface area contributed by atoms with Crippen LogP contribution in [0.15, 0.2) is 71.6 Å². The molecule has 0 aliphatic heterocycles. The Morgan fingerprint density at radius 2 is 1.97 bits per heavy atom. The van der Waals surface area contributed by atoms with Crippen LogP contribution in [-0.4, -0.2) is 20.1 Å². The summed E-state index contributed by atoms with van der Waals surface area (Å²) < 4.78 is 6.87. The van der Waals surface area contributed by atoms with Crippen molar-refractivity contribution in [3.05, 3.63) is 94.2 Å². The summed E-state index contributed by atoms with van der Waals surface area (Å²) in [4.78, 5) is 10.6. The van der Waals surface area contributed by atoms with E-state index in [0.717, 1.165) is 0 Å². The quantitative estimate of drug-likeness (QED) is 0.137. The second-order valence-corrected chi connectivity index (χ2v) is 6.45. The van der Waals surface area contributed by atoms with Gasteiger partial charge in [-0.3, -0.25) is 10.1 Å². The fourth-order valence-corrected chi connectivity index (χ4v) is 2.92. The second kappa shape index (κ2) is 9.09. The Morgan fingerprint density at radius 3 is 2.59 bits per heavy atom. The molecular weight excluding hydrogens is 394 g/mol. The molecule has 3 rings (SSSR count). The van der Waals surface area contributed by atoms with Gasteiger partial charge in [0.25, 0.3) is 11.4 Å². The maximum absolute atomic E-state index is 10.9. The molecule has 0 radical (unpaired) electrons. The number of hydrogen-bond donors (Lipinski definition) is 3. The standard InChI is InChI=1S/C20H17N3O5S/c24-13-14-3-1-9-22(12-14)18(20(29)21-11-17-4-2-10-28-17)19(25)15-5-7-16(8-6-15)23(26)27/h1-10,12,24H,11,13H2,(H-,21,25,29)/p+1. The maximum atomic E-state index is 10.9. The van der Waals surface area contributed by atoms with Gasteiger partial charge in [0.05, 0.1) is 24.3 Å². The van der Waals surface area contributed by atoms with Gasteiger partial charge < -0.3 is 19.9 Å². The topological polar surface area (TPSA) is 113 Å². The Labute approximate surface area is 171 Å². The van der Waals surface area contributed by atoms with E-state index in [1.54, 1.807) is 47.5 Å². The average molecular weight is 412 g/mol. The van der Waals surface area contributed by atoms with E-state index in [4.69, 9.17) is 16.6 Å². The Kier molecular flexibility index (Phi) is 6.32. The number of nitro benzene ring substituents is 1. The highest BCUT2D eigenvalue weighted by Gasteiger charge is 2.24. The van der Waals surface area contributed by atoms with Gasteiger partial charge in [-0.2, -0.15) is 4.57 Å². The lowest BCUT2D eigenvalue weighted by atomic mass is 10.1. The van der Waals surface area contributed by atoms with Crippen LogP contribution in [0.25, 0.3) is 11.5 Å². The van der Waals surface area contributed by atoms with Crippen LogP contribution in [0.5, 0.6) is 0 Å². The van der Waals surface area contributed by atoms with Crippen LogP contribution in [0.1, 0.15) is 16.9 Å². The molecule has 29 heavy (non-hydrogen) atoms. The van der Waals surface area contributed by atoms with Gasteiger partial charge in [-0.05, 0) is 30.3 Å². The van der Waals surface area contributed by atoms with Gasteiger partial charge in [0.1, 0.15) is 5.76 Å². The lowest BCUT2D eigenvalue weighted by Gasteiger charge is -2.10. The van der Waals surface area contributed by atoms with Crippen molar-refractivity contribution in [2.75, 3.05) is 0 Å². The molecule has 0 unspecified atom stereocenters. The lowest BCUT2D eigenvalue weighted by molar-refractivity contribution is -0.576. The summed E-state index contributed by atoms with van der Waals surface area (Å²) in [6.07, 6.45) is 4.86. The maximum Gasteiger partial charge on any atom is 0.288 e. The molecule has 2 heterocycles. The van der Waals surface area contributed by atoms with E-state index < -0.39 is 4.92 Å². The zero-order chi connectivity index (χ0) is 20.8. The molecule has 0 aliphatic carbocycles. The van der Waals surface area contributed by atoms with Crippen molar-refractivity contribution in [3.8, 4) is 0 Å². The van der Waals surface area contributed by atoms with E-state index >= 15 is 0 Å². The molecule has 0 aliphatic rings. The highest BCUT2D eigenvalue weighted by molar-refractivity contribution is 7.81. The minimum absolute atomic E-state index is 0.0865. The number of aliphatic hydroxyl groups excluding tert-OH is 2. The molecule has 0 saturated heterocycles. The van der Waals surface area contributed by atoms with Crippen molar-refractivity contribution in [2.24, 2.45) is 0 Å². The first kappa shape index (κ1) is 20.2. The Hall–Kier alpha value is -3.56. The summed E-state index contributed by atoms with van der Waals surface area (Å²) in [7, 11) is 0. The van der Waals surface area contributed by atoms with E-state index in [-0.39, 0.29) is 28.7 Å². The van der Waals surface area contributed by atoms with Crippen LogP contribution in [-0.2, 0) is 13.2 Å². The van der Waals surface area contributed by atoms with Crippen molar-refractivity contribution < 1.29 is 24.1 Å². The van der Waals surface area contributed by atoms with E-state index in [0.29, 0.717) is 23.4 Å². The summed E-state index contributed by atoms with van der Waals surface area (Å²) in [6, 6.07) is 12.5. The predicted molar refractivity (Wildman–Crippen MR) is 110 cm³/mol. The SMILES string of the molecule is O=[N+]([O-])c1ccc(/C(O)=C(/C(=S)NCc2ccco2)[n+]2cccc(CO)c2)cc1. The smallest absolute Gasteiger partial charge is 0.288 e. The van der Waals surface area contributed by atoms with Crippen LogP contribution < -0.4 is 9.88 Å².